The van der Waals surface area contributed by atoms with Crippen molar-refractivity contribution in [1.82, 2.24) is 0 Å². The first kappa shape index (κ1) is 14.1. The van der Waals surface area contributed by atoms with Crippen molar-refractivity contribution in [3.63, 3.8) is 0 Å². The fourth-order valence-corrected chi connectivity index (χ4v) is 2.30. The zero-order valence-electron chi connectivity index (χ0n) is 10.2. The van der Waals surface area contributed by atoms with Crippen LogP contribution in [0.2, 0.25) is 0 Å². The molecule has 1 aliphatic carbocycles. The minimum Gasteiger partial charge on any atom is -0.388 e. The topological polar surface area (TPSA) is 32.3 Å². The number of aliphatic hydroxyl groups is 1. The van der Waals surface area contributed by atoms with E-state index >= 15 is 0 Å². The lowest BCUT2D eigenvalue weighted by Crippen LogP contribution is -2.33. The van der Waals surface area contributed by atoms with Gasteiger partial charge in [-0.15, -0.1) is 0 Å². The number of hydrogen-bond acceptors (Lipinski definition) is 2. The van der Waals surface area contributed by atoms with Crippen molar-refractivity contribution in [2.75, 3.05) is 11.9 Å². The molecule has 0 unspecified atom stereocenters. The van der Waals surface area contributed by atoms with Gasteiger partial charge in [-0.05, 0) is 31.0 Å². The number of benzene rings is 1. The number of rotatable bonds is 3. The Morgan fingerprint density at radius 1 is 1.21 bits per heavy atom. The molecule has 1 fully saturated rings. The molecule has 1 saturated carbocycles. The third kappa shape index (κ3) is 3.37. The maximum Gasteiger partial charge on any atom is 0.416 e. The van der Waals surface area contributed by atoms with E-state index in [1.165, 1.54) is 0 Å². The summed E-state index contributed by atoms with van der Waals surface area (Å²) < 4.78 is 50.6. The zero-order chi connectivity index (χ0) is 14.1. The Bertz CT molecular complexity index is 452. The van der Waals surface area contributed by atoms with Gasteiger partial charge in [-0.1, -0.05) is 12.8 Å². The average molecular weight is 277 g/mol. The zero-order valence-corrected chi connectivity index (χ0v) is 10.2. The Morgan fingerprint density at radius 2 is 1.84 bits per heavy atom. The lowest BCUT2D eigenvalue weighted by molar-refractivity contribution is -0.137. The van der Waals surface area contributed by atoms with Crippen molar-refractivity contribution < 1.29 is 22.7 Å². The fraction of sp³-hybridized carbons (Fsp3) is 0.538. The predicted molar refractivity (Wildman–Crippen MR) is 63.3 cm³/mol. The van der Waals surface area contributed by atoms with Gasteiger partial charge in [-0.2, -0.15) is 13.2 Å². The Labute approximate surface area is 108 Å². The first-order valence-electron chi connectivity index (χ1n) is 6.13. The van der Waals surface area contributed by atoms with E-state index in [1.54, 1.807) is 0 Å². The van der Waals surface area contributed by atoms with E-state index in [2.05, 4.69) is 5.32 Å². The highest BCUT2D eigenvalue weighted by Gasteiger charge is 2.32. The SMILES string of the molecule is OC1(CNc2ccc(C(F)(F)F)cc2F)CCCC1. The number of alkyl halides is 3. The second-order valence-electron chi connectivity index (χ2n) is 4.98. The molecular weight excluding hydrogens is 262 g/mol. The molecule has 0 radical (unpaired) electrons. The molecule has 19 heavy (non-hydrogen) atoms. The monoisotopic (exact) mass is 277 g/mol. The van der Waals surface area contributed by atoms with E-state index in [-0.39, 0.29) is 12.2 Å². The highest BCUT2D eigenvalue weighted by molar-refractivity contribution is 5.47. The minimum absolute atomic E-state index is 0.0201. The van der Waals surface area contributed by atoms with Gasteiger partial charge < -0.3 is 10.4 Å². The summed E-state index contributed by atoms with van der Waals surface area (Å²) in [5.74, 6) is -0.962. The molecule has 6 heteroatoms. The Morgan fingerprint density at radius 3 is 2.37 bits per heavy atom. The van der Waals surface area contributed by atoms with Gasteiger partial charge in [0.05, 0.1) is 16.9 Å². The van der Waals surface area contributed by atoms with Gasteiger partial charge in [0.15, 0.2) is 0 Å². The van der Waals surface area contributed by atoms with Gasteiger partial charge in [-0.3, -0.25) is 0 Å². The van der Waals surface area contributed by atoms with Crippen LogP contribution in [0.25, 0.3) is 0 Å². The summed E-state index contributed by atoms with van der Waals surface area (Å²) in [4.78, 5) is 0. The van der Waals surface area contributed by atoms with E-state index in [1.807, 2.05) is 0 Å². The van der Waals surface area contributed by atoms with Gasteiger partial charge in [0, 0.05) is 6.54 Å². The van der Waals surface area contributed by atoms with Gasteiger partial charge in [0.2, 0.25) is 0 Å². The van der Waals surface area contributed by atoms with Gasteiger partial charge >= 0.3 is 6.18 Å². The maximum atomic E-state index is 13.5. The fourth-order valence-electron chi connectivity index (χ4n) is 2.30. The molecule has 0 heterocycles. The normalized spacial score (nSPS) is 18.6. The number of halogens is 4. The van der Waals surface area contributed by atoms with Crippen molar-refractivity contribution in [3.8, 4) is 0 Å². The molecule has 2 nitrogen and oxygen atoms in total. The van der Waals surface area contributed by atoms with E-state index in [9.17, 15) is 22.7 Å². The second kappa shape index (κ2) is 5.00. The van der Waals surface area contributed by atoms with E-state index in [0.717, 1.165) is 25.0 Å². The van der Waals surface area contributed by atoms with Crippen LogP contribution in [0.4, 0.5) is 23.2 Å². The summed E-state index contributed by atoms with van der Waals surface area (Å²) in [7, 11) is 0. The molecular formula is C13H15F4NO. The van der Waals surface area contributed by atoms with E-state index in [4.69, 9.17) is 0 Å². The Balaban J connectivity index is 2.05. The number of nitrogens with one attached hydrogen (secondary N) is 1. The van der Waals surface area contributed by atoms with Crippen LogP contribution in [0.3, 0.4) is 0 Å². The standard InChI is InChI=1S/C13H15F4NO/c14-10-7-9(13(15,16)17)3-4-11(10)18-8-12(19)5-1-2-6-12/h3-4,7,18-19H,1-2,5-6,8H2. The van der Waals surface area contributed by atoms with Crippen LogP contribution >= 0.6 is 0 Å². The smallest absolute Gasteiger partial charge is 0.388 e. The van der Waals surface area contributed by atoms with Crippen LogP contribution in [0.15, 0.2) is 18.2 Å². The maximum absolute atomic E-state index is 13.5. The Hall–Kier alpha value is -1.30. The van der Waals surface area contributed by atoms with Crippen molar-refractivity contribution in [2.24, 2.45) is 0 Å². The highest BCUT2D eigenvalue weighted by Crippen LogP contribution is 2.32. The van der Waals surface area contributed by atoms with Gasteiger partial charge in [-0.25, -0.2) is 4.39 Å². The van der Waals surface area contributed by atoms with Crippen LogP contribution in [-0.2, 0) is 6.18 Å². The molecule has 0 aliphatic heterocycles. The van der Waals surface area contributed by atoms with Gasteiger partial charge in [0.25, 0.3) is 0 Å². The van der Waals surface area contributed by atoms with Crippen LogP contribution in [0.1, 0.15) is 31.2 Å². The van der Waals surface area contributed by atoms with E-state index < -0.39 is 23.2 Å². The van der Waals surface area contributed by atoms with Crippen molar-refractivity contribution >= 4 is 5.69 Å². The summed E-state index contributed by atoms with van der Waals surface area (Å²) in [5, 5.41) is 12.7. The molecule has 1 aromatic rings. The average Bonchev–Trinajstić information content (AvgIpc) is 2.74. The molecule has 1 aromatic carbocycles. The molecule has 0 saturated heterocycles. The molecule has 0 amide bonds. The molecule has 0 spiro atoms. The highest BCUT2D eigenvalue weighted by atomic mass is 19.4. The molecule has 0 bridgehead atoms. The summed E-state index contributed by atoms with van der Waals surface area (Å²) in [6.45, 7) is 0.148. The van der Waals surface area contributed by atoms with Crippen molar-refractivity contribution in [1.29, 1.82) is 0 Å². The minimum atomic E-state index is -4.55. The summed E-state index contributed by atoms with van der Waals surface area (Å²) in [6.07, 6.45) is -1.48. The summed E-state index contributed by atoms with van der Waals surface area (Å²) in [5.41, 5.74) is -1.92. The van der Waals surface area contributed by atoms with Crippen molar-refractivity contribution in [2.45, 2.75) is 37.5 Å². The quantitative estimate of drug-likeness (QED) is 0.828. The summed E-state index contributed by atoms with van der Waals surface area (Å²) in [6, 6.07) is 2.33. The largest absolute Gasteiger partial charge is 0.416 e. The first-order valence-corrected chi connectivity index (χ1v) is 6.13. The third-order valence-corrected chi connectivity index (χ3v) is 3.44. The van der Waals surface area contributed by atoms with E-state index in [0.29, 0.717) is 18.9 Å². The van der Waals surface area contributed by atoms with Gasteiger partial charge in [0.1, 0.15) is 5.82 Å². The van der Waals surface area contributed by atoms with Crippen LogP contribution in [0, 0.1) is 5.82 Å². The molecule has 2 rings (SSSR count). The molecule has 1 aliphatic rings. The lowest BCUT2D eigenvalue weighted by atomic mass is 10.0. The number of hydrogen-bond donors (Lipinski definition) is 2. The Kier molecular flexibility index (Phi) is 3.71. The predicted octanol–water partition coefficient (Wildman–Crippen LogP) is 3.56. The van der Waals surface area contributed by atoms with Crippen LogP contribution in [-0.4, -0.2) is 17.3 Å². The van der Waals surface area contributed by atoms with Crippen LogP contribution in [0.5, 0.6) is 0 Å². The second-order valence-corrected chi connectivity index (χ2v) is 4.98. The molecule has 0 aromatic heterocycles. The number of anilines is 1. The first-order chi connectivity index (χ1) is 8.80. The summed E-state index contributed by atoms with van der Waals surface area (Å²) >= 11 is 0. The molecule has 106 valence electrons. The molecule has 0 atom stereocenters. The molecule has 2 N–H and O–H groups in total. The third-order valence-electron chi connectivity index (χ3n) is 3.44. The van der Waals surface area contributed by atoms with Crippen molar-refractivity contribution in [3.05, 3.63) is 29.6 Å². The lowest BCUT2D eigenvalue weighted by Gasteiger charge is -2.23. The van der Waals surface area contributed by atoms with Crippen LogP contribution < -0.4 is 5.32 Å².